The Kier molecular flexibility index (Phi) is 6.56. The minimum atomic E-state index is -5.57. The predicted octanol–water partition coefficient (Wildman–Crippen LogP) is -3.02. The van der Waals surface area contributed by atoms with Crippen molar-refractivity contribution in [2.45, 2.75) is 24.2 Å². The summed E-state index contributed by atoms with van der Waals surface area (Å²) in [6, 6.07) is -0.977. The fourth-order valence-electron chi connectivity index (χ4n) is 1.69. The summed E-state index contributed by atoms with van der Waals surface area (Å²) >= 11 is 0. The van der Waals surface area contributed by atoms with Crippen molar-refractivity contribution in [3.8, 4) is 0 Å². The largest absolute Gasteiger partial charge is 0.490 e. The van der Waals surface area contributed by atoms with Crippen molar-refractivity contribution in [3.05, 3.63) is 0 Å². The van der Waals surface area contributed by atoms with Gasteiger partial charge in [-0.05, 0) is 0 Å². The second kappa shape index (κ2) is 7.08. The van der Waals surface area contributed by atoms with E-state index in [0.29, 0.717) is 0 Å². The predicted molar refractivity (Wildman–Crippen MR) is 71.1 cm³/mol. The van der Waals surface area contributed by atoms with Gasteiger partial charge in [0.2, 0.25) is 0 Å². The molecule has 22 heavy (non-hydrogen) atoms. The molecule has 6 atom stereocenters. The van der Waals surface area contributed by atoms with Crippen LogP contribution in [-0.2, 0) is 26.8 Å². The number of rotatable bonds is 7. The lowest BCUT2D eigenvalue weighted by Gasteiger charge is -2.19. The SMILES string of the molecule is B[C@@H]1N[C@H](COP(=O)(O)OP(=O)(O)OP(=O)(O)O)[C@@H](O)[C@H]1O. The van der Waals surface area contributed by atoms with E-state index in [-0.39, 0.29) is 0 Å². The third-order valence-corrected chi connectivity index (χ3v) is 6.39. The molecule has 0 aliphatic carbocycles. The topological polar surface area (TPSA) is 212 Å². The van der Waals surface area contributed by atoms with E-state index in [1.54, 1.807) is 0 Å². The molecule has 2 unspecified atom stereocenters. The molecule has 1 saturated heterocycles. The van der Waals surface area contributed by atoms with E-state index in [9.17, 15) is 28.8 Å². The van der Waals surface area contributed by atoms with Crippen molar-refractivity contribution in [3.63, 3.8) is 0 Å². The highest BCUT2D eigenvalue weighted by Crippen LogP contribution is 2.66. The van der Waals surface area contributed by atoms with Gasteiger partial charge >= 0.3 is 23.5 Å². The molecule has 0 amide bonds. The molecular weight excluding hydrogens is 370 g/mol. The lowest BCUT2D eigenvalue weighted by molar-refractivity contribution is 0.0259. The second-order valence-electron chi connectivity index (χ2n) is 4.43. The monoisotopic (exact) mass is 385 g/mol. The molecule has 0 bridgehead atoms. The van der Waals surface area contributed by atoms with Gasteiger partial charge in [0.1, 0.15) is 7.85 Å². The molecule has 0 saturated carbocycles. The normalized spacial score (nSPS) is 35.0. The van der Waals surface area contributed by atoms with Crippen LogP contribution in [0.1, 0.15) is 0 Å². The summed E-state index contributed by atoms with van der Waals surface area (Å²) in [5.41, 5.74) is 0. The molecule has 1 heterocycles. The van der Waals surface area contributed by atoms with Gasteiger partial charge in [-0.3, -0.25) is 4.52 Å². The van der Waals surface area contributed by atoms with Crippen LogP contribution >= 0.6 is 23.5 Å². The lowest BCUT2D eigenvalue weighted by Crippen LogP contribution is -2.37. The third-order valence-electron chi connectivity index (χ3n) is 2.58. The molecule has 1 fully saturated rings. The van der Waals surface area contributed by atoms with Crippen LogP contribution in [0.4, 0.5) is 0 Å². The van der Waals surface area contributed by atoms with Gasteiger partial charge in [0.25, 0.3) is 0 Å². The highest BCUT2D eigenvalue weighted by atomic mass is 31.3. The van der Waals surface area contributed by atoms with Crippen molar-refractivity contribution >= 4 is 31.3 Å². The number of aliphatic hydroxyl groups is 2. The Balaban J connectivity index is 2.60. The molecule has 17 heteroatoms. The highest BCUT2D eigenvalue weighted by molar-refractivity contribution is 7.66. The summed E-state index contributed by atoms with van der Waals surface area (Å²) in [5.74, 6) is -0.537. The number of phosphoric acid groups is 3. The zero-order chi connectivity index (χ0) is 17.3. The minimum Gasteiger partial charge on any atom is -0.390 e. The van der Waals surface area contributed by atoms with Gasteiger partial charge in [-0.15, -0.1) is 0 Å². The maximum absolute atomic E-state index is 11.4. The smallest absolute Gasteiger partial charge is 0.390 e. The summed E-state index contributed by atoms with van der Waals surface area (Å²) < 4.78 is 44.2. The van der Waals surface area contributed by atoms with Crippen molar-refractivity contribution in [2.75, 3.05) is 6.61 Å². The average Bonchev–Trinajstić information content (AvgIpc) is 2.49. The fraction of sp³-hybridized carbons (Fsp3) is 1.00. The average molecular weight is 385 g/mol. The maximum Gasteiger partial charge on any atom is 0.490 e. The Morgan fingerprint density at radius 3 is 1.91 bits per heavy atom. The number of aliphatic hydroxyl groups excluding tert-OH is 2. The number of hydrogen-bond donors (Lipinski definition) is 7. The van der Waals surface area contributed by atoms with E-state index in [1.165, 1.54) is 7.85 Å². The van der Waals surface area contributed by atoms with Gasteiger partial charge in [-0.2, -0.15) is 8.62 Å². The zero-order valence-electron chi connectivity index (χ0n) is 11.0. The number of hydrogen-bond acceptors (Lipinski definition) is 9. The zero-order valence-corrected chi connectivity index (χ0v) is 13.7. The minimum absolute atomic E-state index is 0.537. The molecule has 130 valence electrons. The Bertz CT molecular complexity index is 537. The number of phosphoric ester groups is 1. The summed E-state index contributed by atoms with van der Waals surface area (Å²) in [6.07, 6.45) is -2.49. The molecule has 0 aromatic rings. The first-order valence-corrected chi connectivity index (χ1v) is 10.1. The summed E-state index contributed by atoms with van der Waals surface area (Å²) in [4.78, 5) is 34.8. The van der Waals surface area contributed by atoms with Crippen LogP contribution in [0, 0.1) is 0 Å². The molecule has 0 aromatic carbocycles. The second-order valence-corrected chi connectivity index (χ2v) is 8.85. The van der Waals surface area contributed by atoms with Crippen molar-refractivity contribution in [1.82, 2.24) is 5.32 Å². The molecule has 0 aromatic heterocycles. The van der Waals surface area contributed by atoms with Crippen LogP contribution in [-0.4, -0.2) is 68.4 Å². The highest BCUT2D eigenvalue weighted by Gasteiger charge is 2.43. The van der Waals surface area contributed by atoms with E-state index < -0.39 is 54.3 Å². The van der Waals surface area contributed by atoms with Crippen molar-refractivity contribution < 1.29 is 56.6 Å². The third kappa shape index (κ3) is 6.46. The van der Waals surface area contributed by atoms with E-state index in [0.717, 1.165) is 0 Å². The molecule has 0 radical (unpaired) electrons. The Labute approximate surface area is 125 Å². The van der Waals surface area contributed by atoms with Crippen LogP contribution in [0.15, 0.2) is 0 Å². The number of nitrogens with one attached hydrogen (secondary N) is 1. The van der Waals surface area contributed by atoms with E-state index in [1.807, 2.05) is 0 Å². The first-order chi connectivity index (χ1) is 9.72. The summed E-state index contributed by atoms with van der Waals surface area (Å²) in [5, 5.41) is 21.7. The molecule has 7 N–H and O–H groups in total. The molecule has 1 aliphatic rings. The van der Waals surface area contributed by atoms with Crippen LogP contribution in [0.25, 0.3) is 0 Å². The van der Waals surface area contributed by atoms with Crippen molar-refractivity contribution in [2.24, 2.45) is 0 Å². The van der Waals surface area contributed by atoms with E-state index in [4.69, 9.17) is 14.7 Å². The summed E-state index contributed by atoms with van der Waals surface area (Å²) in [6.45, 7) is -0.702. The fourth-order valence-corrected chi connectivity index (χ4v) is 4.74. The van der Waals surface area contributed by atoms with Crippen LogP contribution < -0.4 is 5.32 Å². The van der Waals surface area contributed by atoms with Gasteiger partial charge < -0.3 is 35.1 Å². The molecular formula is C5H15BNO12P3. The van der Waals surface area contributed by atoms with Gasteiger partial charge in [0, 0.05) is 5.94 Å². The van der Waals surface area contributed by atoms with Crippen LogP contribution in [0.5, 0.6) is 0 Å². The molecule has 1 aliphatic heterocycles. The van der Waals surface area contributed by atoms with Crippen molar-refractivity contribution in [1.29, 1.82) is 0 Å². The lowest BCUT2D eigenvalue weighted by atomic mass is 9.92. The van der Waals surface area contributed by atoms with E-state index in [2.05, 4.69) is 18.5 Å². The van der Waals surface area contributed by atoms with Crippen LogP contribution in [0.2, 0.25) is 0 Å². The molecule has 0 spiro atoms. The standard InChI is InChI=1S/C5H15BNO12P3/c6-5-4(9)3(8)2(7-5)1-17-21(13,14)19-22(15,16)18-20(10,11)12/h2-5,7-9H,1,6H2,(H,13,14)(H,15,16)(H2,10,11,12)/t2-,3-,4-,5-/m1/s1. The quantitative estimate of drug-likeness (QED) is 0.172. The first-order valence-electron chi connectivity index (χ1n) is 5.63. The summed E-state index contributed by atoms with van der Waals surface area (Å²) in [7, 11) is -14.7. The van der Waals surface area contributed by atoms with Crippen LogP contribution in [0.3, 0.4) is 0 Å². The maximum atomic E-state index is 11.4. The van der Waals surface area contributed by atoms with Gasteiger partial charge in [-0.25, -0.2) is 13.7 Å². The van der Waals surface area contributed by atoms with Gasteiger partial charge in [0.05, 0.1) is 24.9 Å². The van der Waals surface area contributed by atoms with Gasteiger partial charge in [-0.1, -0.05) is 0 Å². The molecule has 1 rings (SSSR count). The molecule has 13 nitrogen and oxygen atoms in total. The Hall–Kier alpha value is 0.355. The Morgan fingerprint density at radius 2 is 1.50 bits per heavy atom. The Morgan fingerprint density at radius 1 is 0.955 bits per heavy atom. The van der Waals surface area contributed by atoms with Gasteiger partial charge in [0.15, 0.2) is 0 Å². The first kappa shape index (κ1) is 20.4. The van der Waals surface area contributed by atoms with E-state index >= 15 is 0 Å².